The van der Waals surface area contributed by atoms with Crippen molar-refractivity contribution in [3.8, 4) is 0 Å². The van der Waals surface area contributed by atoms with Crippen LogP contribution in [0.25, 0.3) is 0 Å². The number of aromatic nitrogens is 1. The lowest BCUT2D eigenvalue weighted by molar-refractivity contribution is -0.116. The second-order valence-electron chi connectivity index (χ2n) is 7.55. The monoisotopic (exact) mass is 414 g/mol. The lowest BCUT2D eigenvalue weighted by Crippen LogP contribution is -2.46. The van der Waals surface area contributed by atoms with Crippen LogP contribution in [0.2, 0.25) is 0 Å². The van der Waals surface area contributed by atoms with E-state index >= 15 is 0 Å². The summed E-state index contributed by atoms with van der Waals surface area (Å²) in [5.41, 5.74) is 2.52. The van der Waals surface area contributed by atoms with E-state index < -0.39 is 0 Å². The van der Waals surface area contributed by atoms with Gasteiger partial charge in [0.1, 0.15) is 5.82 Å². The fourth-order valence-corrected chi connectivity index (χ4v) is 3.70. The van der Waals surface area contributed by atoms with Crippen LogP contribution >= 0.6 is 0 Å². The number of rotatable bonds is 7. The highest BCUT2D eigenvalue weighted by molar-refractivity contribution is 5.99. The molecule has 0 atom stereocenters. The van der Waals surface area contributed by atoms with Gasteiger partial charge in [0.05, 0.1) is 11.9 Å². The molecule has 6 nitrogen and oxygen atoms in total. The molecule has 1 N–H and O–H groups in total. The Hall–Kier alpha value is -3.67. The molecule has 4 rings (SSSR count). The zero-order valence-corrected chi connectivity index (χ0v) is 17.4. The van der Waals surface area contributed by atoms with E-state index in [0.29, 0.717) is 11.3 Å². The Morgan fingerprint density at radius 2 is 1.42 bits per heavy atom. The number of benzene rings is 2. The van der Waals surface area contributed by atoms with Crippen molar-refractivity contribution in [2.45, 2.75) is 12.8 Å². The molecule has 1 fully saturated rings. The predicted molar refractivity (Wildman–Crippen MR) is 124 cm³/mol. The molecule has 1 aromatic heterocycles. The van der Waals surface area contributed by atoms with Crippen molar-refractivity contribution in [3.63, 3.8) is 0 Å². The molecule has 0 aliphatic carbocycles. The minimum Gasteiger partial charge on any atom is -0.368 e. The number of para-hydroxylation sites is 1. The number of pyridine rings is 1. The van der Waals surface area contributed by atoms with Crippen LogP contribution in [-0.2, 0) is 4.79 Å². The maximum absolute atomic E-state index is 12.2. The van der Waals surface area contributed by atoms with Gasteiger partial charge < -0.3 is 15.1 Å². The average molecular weight is 415 g/mol. The molecule has 0 bridgehead atoms. The molecular formula is C25H26N4O2. The molecule has 2 heterocycles. The number of nitrogens with one attached hydrogen (secondary N) is 1. The summed E-state index contributed by atoms with van der Waals surface area (Å²) in [4.78, 5) is 33.5. The molecule has 1 aliphatic heterocycles. The average Bonchev–Trinajstić information content (AvgIpc) is 2.84. The lowest BCUT2D eigenvalue weighted by atomic mass is 10.1. The first-order chi connectivity index (χ1) is 15.2. The molecular weight excluding hydrogens is 388 g/mol. The summed E-state index contributed by atoms with van der Waals surface area (Å²) < 4.78 is 0. The minimum absolute atomic E-state index is 0.0288. The highest BCUT2D eigenvalue weighted by Gasteiger charge is 2.18. The number of carbonyl (C=O) groups excluding carboxylic acids is 2. The second-order valence-corrected chi connectivity index (χ2v) is 7.55. The van der Waals surface area contributed by atoms with E-state index in [-0.39, 0.29) is 24.5 Å². The molecule has 1 aliphatic rings. The smallest absolute Gasteiger partial charge is 0.224 e. The van der Waals surface area contributed by atoms with Crippen LogP contribution in [0.15, 0.2) is 79.0 Å². The van der Waals surface area contributed by atoms with Gasteiger partial charge in [-0.25, -0.2) is 4.98 Å². The van der Waals surface area contributed by atoms with Crippen LogP contribution < -0.4 is 15.1 Å². The van der Waals surface area contributed by atoms with Crippen molar-refractivity contribution in [1.29, 1.82) is 0 Å². The van der Waals surface area contributed by atoms with Crippen molar-refractivity contribution in [2.24, 2.45) is 0 Å². The summed E-state index contributed by atoms with van der Waals surface area (Å²) in [6.45, 7) is 3.68. The largest absolute Gasteiger partial charge is 0.368 e. The SMILES string of the molecule is O=C(CCC(=O)c1ccccc1)Nc1ccc(N2CCN(c3ccccc3)CC2)nc1. The Balaban J connectivity index is 1.25. The van der Waals surface area contributed by atoms with Crippen molar-refractivity contribution in [2.75, 3.05) is 41.3 Å². The molecule has 0 spiro atoms. The number of carbonyl (C=O) groups is 2. The Kier molecular flexibility index (Phi) is 6.57. The van der Waals surface area contributed by atoms with E-state index in [1.165, 1.54) is 5.69 Å². The van der Waals surface area contributed by atoms with Gasteiger partial charge in [-0.1, -0.05) is 48.5 Å². The molecule has 6 heteroatoms. The number of piperazine rings is 1. The van der Waals surface area contributed by atoms with E-state index in [1.807, 2.05) is 36.4 Å². The van der Waals surface area contributed by atoms with Crippen LogP contribution in [-0.4, -0.2) is 42.9 Å². The van der Waals surface area contributed by atoms with Crippen LogP contribution in [0.1, 0.15) is 23.2 Å². The summed E-state index contributed by atoms with van der Waals surface area (Å²) >= 11 is 0. The number of hydrogen-bond acceptors (Lipinski definition) is 5. The highest BCUT2D eigenvalue weighted by Crippen LogP contribution is 2.20. The highest BCUT2D eigenvalue weighted by atomic mass is 16.2. The zero-order valence-electron chi connectivity index (χ0n) is 17.4. The predicted octanol–water partition coefficient (Wildman–Crippen LogP) is 4.01. The third kappa shape index (κ3) is 5.48. The number of amides is 1. The number of Topliss-reactive ketones (excluding diaryl/α,β-unsaturated/α-hetero) is 1. The molecule has 3 aromatic rings. The molecule has 1 amide bonds. The van der Waals surface area contributed by atoms with Crippen LogP contribution in [0.4, 0.5) is 17.2 Å². The molecule has 31 heavy (non-hydrogen) atoms. The zero-order chi connectivity index (χ0) is 21.5. The molecule has 2 aromatic carbocycles. The fourth-order valence-electron chi connectivity index (χ4n) is 3.70. The van der Waals surface area contributed by atoms with Gasteiger partial charge in [0.2, 0.25) is 5.91 Å². The normalized spacial score (nSPS) is 13.7. The van der Waals surface area contributed by atoms with Crippen LogP contribution in [0.5, 0.6) is 0 Å². The summed E-state index contributed by atoms with van der Waals surface area (Å²) in [6, 6.07) is 23.3. The van der Waals surface area contributed by atoms with Gasteiger partial charge in [0.15, 0.2) is 5.78 Å². The third-order valence-electron chi connectivity index (χ3n) is 5.43. The van der Waals surface area contributed by atoms with Gasteiger partial charge in [-0.3, -0.25) is 9.59 Å². The standard InChI is InChI=1S/C25H26N4O2/c30-23(20-7-3-1-4-8-20)12-14-25(31)27-21-11-13-24(26-19-21)29-17-15-28(16-18-29)22-9-5-2-6-10-22/h1-11,13,19H,12,14-18H2,(H,27,31). The molecule has 0 unspecified atom stereocenters. The molecule has 1 saturated heterocycles. The van der Waals surface area contributed by atoms with Crippen molar-refractivity contribution >= 4 is 28.9 Å². The third-order valence-corrected chi connectivity index (χ3v) is 5.43. The van der Waals surface area contributed by atoms with Crippen LogP contribution in [0, 0.1) is 0 Å². The van der Waals surface area contributed by atoms with Gasteiger partial charge >= 0.3 is 0 Å². The van der Waals surface area contributed by atoms with Gasteiger partial charge in [-0.15, -0.1) is 0 Å². The summed E-state index contributed by atoms with van der Waals surface area (Å²) in [6.07, 6.45) is 2.01. The first-order valence-electron chi connectivity index (χ1n) is 10.6. The Morgan fingerprint density at radius 1 is 0.774 bits per heavy atom. The van der Waals surface area contributed by atoms with Gasteiger partial charge in [-0.2, -0.15) is 0 Å². The van der Waals surface area contributed by atoms with Gasteiger partial charge in [0, 0.05) is 50.3 Å². The topological polar surface area (TPSA) is 65.5 Å². The van der Waals surface area contributed by atoms with Crippen molar-refractivity contribution < 1.29 is 9.59 Å². The fraction of sp³-hybridized carbons (Fsp3) is 0.240. The van der Waals surface area contributed by atoms with Crippen LogP contribution in [0.3, 0.4) is 0 Å². The first kappa shape index (κ1) is 20.6. The van der Waals surface area contributed by atoms with E-state index in [0.717, 1.165) is 32.0 Å². The maximum Gasteiger partial charge on any atom is 0.224 e. The van der Waals surface area contributed by atoms with E-state index in [1.54, 1.807) is 18.3 Å². The minimum atomic E-state index is -0.185. The number of ketones is 1. The number of anilines is 3. The van der Waals surface area contributed by atoms with Crippen molar-refractivity contribution in [3.05, 3.63) is 84.6 Å². The Bertz CT molecular complexity index is 999. The van der Waals surface area contributed by atoms with E-state index in [4.69, 9.17) is 0 Å². The first-order valence-corrected chi connectivity index (χ1v) is 10.6. The number of nitrogens with zero attached hydrogens (tertiary/aromatic N) is 3. The Labute approximate surface area is 182 Å². The summed E-state index contributed by atoms with van der Waals surface area (Å²) in [7, 11) is 0. The summed E-state index contributed by atoms with van der Waals surface area (Å²) in [5, 5.41) is 2.83. The molecule has 158 valence electrons. The van der Waals surface area contributed by atoms with E-state index in [2.05, 4.69) is 44.4 Å². The maximum atomic E-state index is 12.2. The second kappa shape index (κ2) is 9.89. The quantitative estimate of drug-likeness (QED) is 0.592. The Morgan fingerprint density at radius 3 is 2.06 bits per heavy atom. The summed E-state index contributed by atoms with van der Waals surface area (Å²) in [5.74, 6) is 0.694. The van der Waals surface area contributed by atoms with Gasteiger partial charge in [-0.05, 0) is 24.3 Å². The van der Waals surface area contributed by atoms with Crippen molar-refractivity contribution in [1.82, 2.24) is 4.98 Å². The lowest BCUT2D eigenvalue weighted by Gasteiger charge is -2.36. The van der Waals surface area contributed by atoms with Gasteiger partial charge in [0.25, 0.3) is 0 Å². The van der Waals surface area contributed by atoms with E-state index in [9.17, 15) is 9.59 Å². The number of hydrogen-bond donors (Lipinski definition) is 1. The molecule has 0 saturated carbocycles. The molecule has 0 radical (unpaired) electrons.